The summed E-state index contributed by atoms with van der Waals surface area (Å²) in [5, 5.41) is 0. The van der Waals surface area contributed by atoms with E-state index < -0.39 is 17.6 Å². The van der Waals surface area contributed by atoms with Crippen molar-refractivity contribution >= 4 is 17.6 Å². The van der Waals surface area contributed by atoms with E-state index in [1.807, 2.05) is 41.5 Å². The highest BCUT2D eigenvalue weighted by molar-refractivity contribution is 6.62. The first kappa shape index (κ1) is 30.9. The summed E-state index contributed by atoms with van der Waals surface area (Å²) in [7, 11) is -5.65. The van der Waals surface area contributed by atoms with Gasteiger partial charge in [-0.25, -0.2) is 0 Å². The van der Waals surface area contributed by atoms with Crippen molar-refractivity contribution in [3.8, 4) is 11.1 Å². The van der Waals surface area contributed by atoms with Gasteiger partial charge in [0.15, 0.2) is 0 Å². The fraction of sp³-hybridized carbons (Fsp3) is 0.571. The highest BCUT2D eigenvalue weighted by Gasteiger charge is 2.48. The lowest BCUT2D eigenvalue weighted by Crippen LogP contribution is -2.51. The van der Waals surface area contributed by atoms with Crippen molar-refractivity contribution in [3.05, 3.63) is 59.7 Å². The Labute approximate surface area is 221 Å². The zero-order chi connectivity index (χ0) is 26.6. The van der Waals surface area contributed by atoms with Gasteiger partial charge >= 0.3 is 17.6 Å². The van der Waals surface area contributed by atoms with E-state index in [2.05, 4.69) is 62.4 Å². The molecule has 2 unspecified atom stereocenters. The fourth-order valence-electron chi connectivity index (χ4n) is 4.54. The minimum atomic E-state index is -2.83. The molecule has 0 amide bonds. The molecule has 0 saturated heterocycles. The Bertz CT molecular complexity index is 767. The summed E-state index contributed by atoms with van der Waals surface area (Å²) in [6, 6.07) is 17.3. The molecular formula is C28H46O6Si2. The van der Waals surface area contributed by atoms with Crippen LogP contribution in [0.25, 0.3) is 11.1 Å². The minimum Gasteiger partial charge on any atom is -0.373 e. The smallest absolute Gasteiger partial charge is 0.373 e. The number of rotatable bonds is 17. The van der Waals surface area contributed by atoms with Crippen LogP contribution in [0.5, 0.6) is 0 Å². The van der Waals surface area contributed by atoms with E-state index in [4.69, 9.17) is 26.6 Å². The van der Waals surface area contributed by atoms with Gasteiger partial charge in [0, 0.05) is 39.6 Å². The number of benzene rings is 2. The molecule has 2 aromatic rings. The largest absolute Gasteiger partial charge is 0.508 e. The fourth-order valence-corrected chi connectivity index (χ4v) is 10.2. The van der Waals surface area contributed by atoms with Gasteiger partial charge in [-0.15, -0.1) is 0 Å². The third-order valence-corrected chi connectivity index (χ3v) is 13.2. The Balaban J connectivity index is 2.27. The third-order valence-electron chi connectivity index (χ3n) is 6.29. The van der Waals surface area contributed by atoms with E-state index in [1.54, 1.807) is 0 Å². The molecule has 0 aliphatic carbocycles. The lowest BCUT2D eigenvalue weighted by Gasteiger charge is -2.33. The molecular weight excluding hydrogens is 488 g/mol. The first-order valence-corrected chi connectivity index (χ1v) is 17.0. The Hall–Kier alpha value is -1.37. The standard InChI is InChI=1S/C28H46O6Si2/c1-9-29-35(30-10-2,31-11-3)23(7)25-15-19-27(20-16-25)28-21-17-26(18-22-28)24(8)36(32-12-4,33-13-5)34-14-6/h15-24H,9-14H2,1-8H3. The van der Waals surface area contributed by atoms with Crippen molar-refractivity contribution in [1.29, 1.82) is 0 Å². The number of hydrogen-bond acceptors (Lipinski definition) is 6. The van der Waals surface area contributed by atoms with E-state index in [9.17, 15) is 0 Å². The summed E-state index contributed by atoms with van der Waals surface area (Å²) < 4.78 is 36.7. The van der Waals surface area contributed by atoms with E-state index in [-0.39, 0.29) is 11.1 Å². The van der Waals surface area contributed by atoms with Crippen molar-refractivity contribution in [2.45, 2.75) is 66.5 Å². The maximum absolute atomic E-state index is 6.12. The maximum Gasteiger partial charge on any atom is 0.508 e. The molecule has 2 aromatic carbocycles. The maximum atomic E-state index is 6.12. The molecule has 36 heavy (non-hydrogen) atoms. The van der Waals surface area contributed by atoms with Gasteiger partial charge in [-0.1, -0.05) is 62.4 Å². The van der Waals surface area contributed by atoms with Gasteiger partial charge in [-0.3, -0.25) is 0 Å². The summed E-state index contributed by atoms with van der Waals surface area (Å²) in [6.07, 6.45) is 0. The third kappa shape index (κ3) is 7.35. The zero-order valence-electron chi connectivity index (χ0n) is 23.5. The quantitative estimate of drug-likeness (QED) is 0.210. The summed E-state index contributed by atoms with van der Waals surface area (Å²) >= 11 is 0. The second kappa shape index (κ2) is 15.1. The zero-order valence-corrected chi connectivity index (χ0v) is 25.5. The molecule has 2 rings (SSSR count). The molecule has 0 heterocycles. The minimum absolute atomic E-state index is 0.0448. The van der Waals surface area contributed by atoms with E-state index >= 15 is 0 Å². The van der Waals surface area contributed by atoms with Gasteiger partial charge in [0.05, 0.1) is 11.1 Å². The summed E-state index contributed by atoms with van der Waals surface area (Å²) in [5.74, 6) is 0. The number of hydrogen-bond donors (Lipinski definition) is 0. The van der Waals surface area contributed by atoms with Gasteiger partial charge in [-0.05, 0) is 63.8 Å². The van der Waals surface area contributed by atoms with Crippen LogP contribution < -0.4 is 0 Å². The summed E-state index contributed by atoms with van der Waals surface area (Å²) in [5.41, 5.74) is 4.72. The molecule has 0 bridgehead atoms. The SMILES string of the molecule is CCO[Si](OCC)(OCC)C(C)c1ccc(-c2ccc(C(C)[Si](OCC)(OCC)OCC)cc2)cc1. The van der Waals surface area contributed by atoms with Crippen molar-refractivity contribution in [3.63, 3.8) is 0 Å². The predicted molar refractivity (Wildman–Crippen MR) is 150 cm³/mol. The van der Waals surface area contributed by atoms with Gasteiger partial charge < -0.3 is 26.6 Å². The van der Waals surface area contributed by atoms with Crippen molar-refractivity contribution in [2.24, 2.45) is 0 Å². The molecule has 0 saturated carbocycles. The average molecular weight is 535 g/mol. The topological polar surface area (TPSA) is 55.4 Å². The highest BCUT2D eigenvalue weighted by atomic mass is 28.4. The Kier molecular flexibility index (Phi) is 13.0. The van der Waals surface area contributed by atoms with E-state index in [0.29, 0.717) is 39.6 Å². The second-order valence-corrected chi connectivity index (χ2v) is 14.4. The van der Waals surface area contributed by atoms with Crippen LogP contribution in [-0.2, 0) is 26.6 Å². The van der Waals surface area contributed by atoms with Gasteiger partial charge in [-0.2, -0.15) is 0 Å². The lowest BCUT2D eigenvalue weighted by molar-refractivity contribution is 0.0626. The Morgan fingerprint density at radius 1 is 0.444 bits per heavy atom. The molecule has 8 heteroatoms. The van der Waals surface area contributed by atoms with Crippen LogP contribution in [-0.4, -0.2) is 57.3 Å². The molecule has 0 N–H and O–H groups in total. The van der Waals surface area contributed by atoms with Gasteiger partial charge in [0.25, 0.3) is 0 Å². The van der Waals surface area contributed by atoms with Crippen molar-refractivity contribution < 1.29 is 26.6 Å². The molecule has 0 aliphatic heterocycles. The first-order valence-electron chi connectivity index (χ1n) is 13.4. The summed E-state index contributed by atoms with van der Waals surface area (Å²) in [6.45, 7) is 19.6. The van der Waals surface area contributed by atoms with Crippen molar-refractivity contribution in [1.82, 2.24) is 0 Å². The normalized spacial score (nSPS) is 14.1. The van der Waals surface area contributed by atoms with Crippen LogP contribution in [0.3, 0.4) is 0 Å². The molecule has 0 fully saturated rings. The Morgan fingerprint density at radius 2 is 0.667 bits per heavy atom. The first-order chi connectivity index (χ1) is 17.4. The highest BCUT2D eigenvalue weighted by Crippen LogP contribution is 2.33. The van der Waals surface area contributed by atoms with Crippen LogP contribution in [0.4, 0.5) is 0 Å². The molecule has 6 nitrogen and oxygen atoms in total. The lowest BCUT2D eigenvalue weighted by atomic mass is 10.0. The molecule has 0 aromatic heterocycles. The van der Waals surface area contributed by atoms with E-state index in [0.717, 1.165) is 22.3 Å². The van der Waals surface area contributed by atoms with Crippen molar-refractivity contribution in [2.75, 3.05) is 39.6 Å². The van der Waals surface area contributed by atoms with E-state index in [1.165, 1.54) is 0 Å². The van der Waals surface area contributed by atoms with Crippen LogP contribution in [0.1, 0.15) is 77.6 Å². The van der Waals surface area contributed by atoms with Crippen LogP contribution >= 0.6 is 0 Å². The Morgan fingerprint density at radius 3 is 0.861 bits per heavy atom. The average Bonchev–Trinajstić information content (AvgIpc) is 2.89. The van der Waals surface area contributed by atoms with Crippen LogP contribution in [0.2, 0.25) is 0 Å². The molecule has 2 atom stereocenters. The van der Waals surface area contributed by atoms with Gasteiger partial charge in [0.2, 0.25) is 0 Å². The predicted octanol–water partition coefficient (Wildman–Crippen LogP) is 6.74. The second-order valence-electron chi connectivity index (χ2n) is 8.49. The van der Waals surface area contributed by atoms with Gasteiger partial charge in [0.1, 0.15) is 0 Å². The molecule has 0 spiro atoms. The van der Waals surface area contributed by atoms with Crippen LogP contribution in [0, 0.1) is 0 Å². The van der Waals surface area contributed by atoms with Crippen LogP contribution in [0.15, 0.2) is 48.5 Å². The monoisotopic (exact) mass is 534 g/mol. The summed E-state index contributed by atoms with van der Waals surface area (Å²) in [4.78, 5) is 0. The molecule has 0 aliphatic rings. The molecule has 202 valence electrons. The molecule has 0 radical (unpaired) electrons.